The van der Waals surface area contributed by atoms with Gasteiger partial charge in [-0.3, -0.25) is 0 Å². The molecule has 2 atom stereocenters. The summed E-state index contributed by atoms with van der Waals surface area (Å²) in [4.78, 5) is 11.2. The fourth-order valence-electron chi connectivity index (χ4n) is 1.98. The van der Waals surface area contributed by atoms with Crippen molar-refractivity contribution >= 4 is 5.97 Å². The first-order valence-electron chi connectivity index (χ1n) is 4.92. The Bertz CT molecular complexity index is 449. The van der Waals surface area contributed by atoms with Crippen LogP contribution in [0.5, 0.6) is 5.75 Å². The average molecular weight is 225 g/mol. The highest BCUT2D eigenvalue weighted by Gasteiger charge is 2.43. The van der Waals surface area contributed by atoms with Crippen molar-refractivity contribution in [3.8, 4) is 5.75 Å². The minimum absolute atomic E-state index is 0.124. The van der Waals surface area contributed by atoms with E-state index in [1.807, 2.05) is 0 Å². The summed E-state index contributed by atoms with van der Waals surface area (Å²) in [6.45, 7) is 1.73. The quantitative estimate of drug-likeness (QED) is 0.754. The van der Waals surface area contributed by atoms with Crippen molar-refractivity contribution in [3.63, 3.8) is 0 Å². The maximum absolute atomic E-state index is 13.1. The number of benzene rings is 1. The topological polar surface area (TPSA) is 72.6 Å². The largest absolute Gasteiger partial charge is 0.490 e. The lowest BCUT2D eigenvalue weighted by molar-refractivity contribution is -0.145. The molecule has 0 bridgehead atoms. The number of rotatable bonds is 1. The van der Waals surface area contributed by atoms with Gasteiger partial charge in [0.15, 0.2) is 0 Å². The molecule has 5 heteroatoms. The molecule has 4 nitrogen and oxygen atoms in total. The number of hydrogen-bond acceptors (Lipinski definition) is 3. The molecule has 2 rings (SSSR count). The van der Waals surface area contributed by atoms with E-state index in [2.05, 4.69) is 0 Å². The Labute approximate surface area is 91.8 Å². The Balaban J connectivity index is 2.60. The normalized spacial score (nSPS) is 28.1. The first kappa shape index (κ1) is 10.9. The Morgan fingerprint density at radius 3 is 3.00 bits per heavy atom. The summed E-state index contributed by atoms with van der Waals surface area (Å²) in [5, 5.41) is 9.15. The van der Waals surface area contributed by atoms with Gasteiger partial charge in [-0.1, -0.05) is 0 Å². The number of aliphatic carboxylic acids is 1. The standard InChI is InChI=1S/C11H12FNO3/c1-6-5-11(13,10(14)15)8-4-7(12)2-3-9(8)16-6/h2-4,6H,5,13H2,1H3,(H,14,15). The van der Waals surface area contributed by atoms with E-state index in [4.69, 9.17) is 15.6 Å². The number of carboxylic acids is 1. The maximum Gasteiger partial charge on any atom is 0.328 e. The van der Waals surface area contributed by atoms with Gasteiger partial charge < -0.3 is 15.6 Å². The van der Waals surface area contributed by atoms with Gasteiger partial charge in [0, 0.05) is 12.0 Å². The Kier molecular flexibility index (Phi) is 2.35. The van der Waals surface area contributed by atoms with Gasteiger partial charge in [0.1, 0.15) is 17.1 Å². The van der Waals surface area contributed by atoms with Gasteiger partial charge in [0.2, 0.25) is 0 Å². The molecule has 1 heterocycles. The molecular weight excluding hydrogens is 213 g/mol. The zero-order valence-corrected chi connectivity index (χ0v) is 8.74. The lowest BCUT2D eigenvalue weighted by Crippen LogP contribution is -2.50. The van der Waals surface area contributed by atoms with Gasteiger partial charge in [-0.25, -0.2) is 9.18 Å². The average Bonchev–Trinajstić information content (AvgIpc) is 2.19. The van der Waals surface area contributed by atoms with Crippen LogP contribution in [0.2, 0.25) is 0 Å². The molecule has 86 valence electrons. The van der Waals surface area contributed by atoms with Gasteiger partial charge in [0.25, 0.3) is 0 Å². The SMILES string of the molecule is CC1CC(N)(C(=O)O)c2cc(F)ccc2O1. The summed E-state index contributed by atoms with van der Waals surface area (Å²) in [6.07, 6.45) is -0.183. The summed E-state index contributed by atoms with van der Waals surface area (Å²) >= 11 is 0. The van der Waals surface area contributed by atoms with E-state index in [1.165, 1.54) is 12.1 Å². The van der Waals surface area contributed by atoms with Crippen molar-refractivity contribution < 1.29 is 19.0 Å². The first-order chi connectivity index (χ1) is 7.43. The van der Waals surface area contributed by atoms with E-state index < -0.39 is 17.3 Å². The summed E-state index contributed by atoms with van der Waals surface area (Å²) < 4.78 is 18.5. The number of hydrogen-bond donors (Lipinski definition) is 2. The maximum atomic E-state index is 13.1. The van der Waals surface area contributed by atoms with Crippen molar-refractivity contribution in [1.82, 2.24) is 0 Å². The second-order valence-corrected chi connectivity index (χ2v) is 4.05. The molecule has 0 aromatic heterocycles. The number of nitrogens with two attached hydrogens (primary N) is 1. The van der Waals surface area contributed by atoms with Crippen LogP contribution < -0.4 is 10.5 Å². The van der Waals surface area contributed by atoms with Crippen LogP contribution in [-0.2, 0) is 10.3 Å². The monoisotopic (exact) mass is 225 g/mol. The van der Waals surface area contributed by atoms with Crippen molar-refractivity contribution in [3.05, 3.63) is 29.6 Å². The zero-order valence-electron chi connectivity index (χ0n) is 8.74. The van der Waals surface area contributed by atoms with Gasteiger partial charge in [-0.2, -0.15) is 0 Å². The lowest BCUT2D eigenvalue weighted by atomic mass is 9.83. The van der Waals surface area contributed by atoms with Crippen LogP contribution in [0.15, 0.2) is 18.2 Å². The molecule has 2 unspecified atom stereocenters. The Hall–Kier alpha value is -1.62. The van der Waals surface area contributed by atoms with Crippen LogP contribution in [-0.4, -0.2) is 17.2 Å². The molecule has 0 fully saturated rings. The van der Waals surface area contributed by atoms with Crippen molar-refractivity contribution in [1.29, 1.82) is 0 Å². The van der Waals surface area contributed by atoms with E-state index in [9.17, 15) is 9.18 Å². The highest BCUT2D eigenvalue weighted by Crippen LogP contribution is 2.38. The Morgan fingerprint density at radius 1 is 1.69 bits per heavy atom. The van der Waals surface area contributed by atoms with Gasteiger partial charge in [0.05, 0.1) is 6.10 Å². The van der Waals surface area contributed by atoms with Crippen molar-refractivity contribution in [2.45, 2.75) is 25.0 Å². The number of carbonyl (C=O) groups is 1. The predicted octanol–water partition coefficient (Wildman–Crippen LogP) is 1.24. The van der Waals surface area contributed by atoms with E-state index in [1.54, 1.807) is 6.92 Å². The molecule has 0 saturated carbocycles. The minimum Gasteiger partial charge on any atom is -0.490 e. The molecule has 0 aliphatic carbocycles. The fraction of sp³-hybridized carbons (Fsp3) is 0.364. The molecule has 1 aromatic carbocycles. The smallest absolute Gasteiger partial charge is 0.328 e. The summed E-state index contributed by atoms with van der Waals surface area (Å²) in [5.74, 6) is -1.35. The minimum atomic E-state index is -1.57. The third-order valence-electron chi connectivity index (χ3n) is 2.74. The third kappa shape index (κ3) is 1.53. The molecule has 16 heavy (non-hydrogen) atoms. The predicted molar refractivity (Wildman–Crippen MR) is 54.6 cm³/mol. The van der Waals surface area contributed by atoms with E-state index >= 15 is 0 Å². The van der Waals surface area contributed by atoms with Gasteiger partial charge in [-0.05, 0) is 25.1 Å². The van der Waals surface area contributed by atoms with Crippen LogP contribution in [0, 0.1) is 5.82 Å². The molecule has 1 aliphatic rings. The zero-order chi connectivity index (χ0) is 11.9. The van der Waals surface area contributed by atoms with E-state index in [-0.39, 0.29) is 18.1 Å². The molecule has 1 aliphatic heterocycles. The molecule has 0 amide bonds. The first-order valence-corrected chi connectivity index (χ1v) is 4.92. The lowest BCUT2D eigenvalue weighted by Gasteiger charge is -2.35. The van der Waals surface area contributed by atoms with Crippen LogP contribution in [0.3, 0.4) is 0 Å². The van der Waals surface area contributed by atoms with Crippen molar-refractivity contribution in [2.24, 2.45) is 5.73 Å². The van der Waals surface area contributed by atoms with Gasteiger partial charge >= 0.3 is 5.97 Å². The van der Waals surface area contributed by atoms with Crippen LogP contribution in [0.25, 0.3) is 0 Å². The number of fused-ring (bicyclic) bond motifs is 1. The number of carboxylic acid groups (broad SMARTS) is 1. The van der Waals surface area contributed by atoms with Gasteiger partial charge in [-0.15, -0.1) is 0 Å². The van der Waals surface area contributed by atoms with E-state index in [0.717, 1.165) is 6.07 Å². The van der Waals surface area contributed by atoms with Crippen LogP contribution in [0.4, 0.5) is 4.39 Å². The fourth-order valence-corrected chi connectivity index (χ4v) is 1.98. The molecule has 0 spiro atoms. The summed E-state index contributed by atoms with van der Waals surface area (Å²) in [7, 11) is 0. The second-order valence-electron chi connectivity index (χ2n) is 4.05. The Morgan fingerprint density at radius 2 is 2.38 bits per heavy atom. The summed E-state index contributed by atoms with van der Waals surface area (Å²) in [5.41, 5.74) is 4.44. The number of halogens is 1. The highest BCUT2D eigenvalue weighted by molar-refractivity contribution is 5.82. The number of ether oxygens (including phenoxy) is 1. The second kappa shape index (κ2) is 3.45. The molecule has 0 saturated heterocycles. The van der Waals surface area contributed by atoms with E-state index in [0.29, 0.717) is 5.75 Å². The van der Waals surface area contributed by atoms with Crippen LogP contribution >= 0.6 is 0 Å². The molecule has 0 radical (unpaired) electrons. The van der Waals surface area contributed by atoms with Crippen LogP contribution in [0.1, 0.15) is 18.9 Å². The summed E-state index contributed by atoms with van der Waals surface area (Å²) in [6, 6.07) is 3.75. The molecule has 3 N–H and O–H groups in total. The molecule has 1 aromatic rings. The molecular formula is C11H12FNO3. The third-order valence-corrected chi connectivity index (χ3v) is 2.74. The van der Waals surface area contributed by atoms with Crippen molar-refractivity contribution in [2.75, 3.05) is 0 Å². The highest BCUT2D eigenvalue weighted by atomic mass is 19.1.